The van der Waals surface area contributed by atoms with Gasteiger partial charge in [0, 0.05) is 37.5 Å². The van der Waals surface area contributed by atoms with E-state index in [-0.39, 0.29) is 37.8 Å². The summed E-state index contributed by atoms with van der Waals surface area (Å²) in [7, 11) is 0. The molecule has 39 heavy (non-hydrogen) atoms. The number of piperazine rings is 1. The smallest absolute Gasteiger partial charge is 0.416 e. The molecular weight excluding hydrogens is 517 g/mol. The highest BCUT2D eigenvalue weighted by Crippen LogP contribution is 2.30. The van der Waals surface area contributed by atoms with Crippen LogP contribution in [0.15, 0.2) is 48.5 Å². The Kier molecular flexibility index (Phi) is 8.95. The Morgan fingerprint density at radius 1 is 1.10 bits per heavy atom. The van der Waals surface area contributed by atoms with Crippen LogP contribution in [-0.4, -0.2) is 79.2 Å². The molecule has 0 saturated carbocycles. The number of rotatable bonds is 7. The summed E-state index contributed by atoms with van der Waals surface area (Å²) >= 11 is 0. The third kappa shape index (κ3) is 7.20. The van der Waals surface area contributed by atoms with Gasteiger partial charge in [0.25, 0.3) is 5.91 Å². The molecule has 0 bridgehead atoms. The molecule has 2 aromatic carbocycles. The lowest BCUT2D eigenvalue weighted by Gasteiger charge is -2.40. The van der Waals surface area contributed by atoms with E-state index in [9.17, 15) is 27.6 Å². The Bertz CT molecular complexity index is 1170. The summed E-state index contributed by atoms with van der Waals surface area (Å²) in [4.78, 5) is 42.2. The summed E-state index contributed by atoms with van der Waals surface area (Å²) < 4.78 is 50.7. The normalized spacial score (nSPS) is 19.5. The summed E-state index contributed by atoms with van der Waals surface area (Å²) in [6.07, 6.45) is -3.10. The van der Waals surface area contributed by atoms with Gasteiger partial charge < -0.3 is 29.9 Å². The molecule has 2 unspecified atom stereocenters. The number of urea groups is 1. The summed E-state index contributed by atoms with van der Waals surface area (Å²) in [5.74, 6) is -0.575. The molecular formula is C27H31F3N4O5. The second kappa shape index (κ2) is 12.4. The van der Waals surface area contributed by atoms with Gasteiger partial charge >= 0.3 is 12.2 Å². The van der Waals surface area contributed by atoms with Gasteiger partial charge in [-0.3, -0.25) is 9.59 Å². The van der Waals surface area contributed by atoms with E-state index < -0.39 is 35.6 Å². The van der Waals surface area contributed by atoms with Gasteiger partial charge in [-0.2, -0.15) is 13.2 Å². The van der Waals surface area contributed by atoms with Gasteiger partial charge in [0.15, 0.2) is 0 Å². The molecule has 2 saturated heterocycles. The van der Waals surface area contributed by atoms with E-state index in [1.54, 1.807) is 24.3 Å². The first-order valence-electron chi connectivity index (χ1n) is 12.8. The number of hydrogen-bond acceptors (Lipinski definition) is 5. The quantitative estimate of drug-likeness (QED) is 0.549. The van der Waals surface area contributed by atoms with E-state index in [0.29, 0.717) is 24.7 Å². The van der Waals surface area contributed by atoms with Crippen LogP contribution in [0.4, 0.5) is 23.7 Å². The minimum Gasteiger partial charge on any atom is -0.494 e. The molecule has 4 amide bonds. The second-order valence-electron chi connectivity index (χ2n) is 9.31. The van der Waals surface area contributed by atoms with E-state index in [4.69, 9.17) is 9.47 Å². The Morgan fingerprint density at radius 3 is 2.54 bits per heavy atom. The fraction of sp³-hybridized carbons (Fsp3) is 0.444. The van der Waals surface area contributed by atoms with E-state index in [1.165, 1.54) is 15.9 Å². The highest BCUT2D eigenvalue weighted by Gasteiger charge is 2.38. The van der Waals surface area contributed by atoms with Crippen LogP contribution >= 0.6 is 0 Å². The topological polar surface area (TPSA) is 100 Å². The zero-order valence-electron chi connectivity index (χ0n) is 21.5. The molecule has 2 aliphatic heterocycles. The standard InChI is InChI=1S/C27H31F3N4O5/c1-2-38-21-10-8-20(9-11-21)32-26(37)33-12-13-34(23(17-33)24(35)31-16-22-7-4-14-39-22)25(36)18-5-3-6-19(15-18)27(28,29)30/h3,5-6,8-11,15,22-23H,2,4,7,12-14,16-17H2,1H3,(H,31,35)(H,32,37). The van der Waals surface area contributed by atoms with Crippen molar-refractivity contribution in [2.75, 3.05) is 44.7 Å². The van der Waals surface area contributed by atoms with Crippen molar-refractivity contribution in [3.8, 4) is 5.75 Å². The number of carbonyl (C=O) groups excluding carboxylic acids is 3. The predicted octanol–water partition coefficient (Wildman–Crippen LogP) is 3.76. The Morgan fingerprint density at radius 2 is 1.87 bits per heavy atom. The first-order chi connectivity index (χ1) is 18.7. The zero-order valence-corrected chi connectivity index (χ0v) is 21.5. The third-order valence-electron chi connectivity index (χ3n) is 6.61. The maximum Gasteiger partial charge on any atom is 0.416 e. The number of amides is 4. The van der Waals surface area contributed by atoms with E-state index in [2.05, 4.69) is 10.6 Å². The molecule has 12 heteroatoms. The molecule has 210 valence electrons. The maximum atomic E-state index is 13.3. The van der Waals surface area contributed by atoms with Crippen molar-refractivity contribution >= 4 is 23.5 Å². The molecule has 2 atom stereocenters. The fourth-order valence-corrected chi connectivity index (χ4v) is 4.57. The molecule has 0 aliphatic carbocycles. The van der Waals surface area contributed by atoms with Gasteiger partial charge in [0.05, 0.1) is 24.8 Å². The largest absolute Gasteiger partial charge is 0.494 e. The van der Waals surface area contributed by atoms with Crippen molar-refractivity contribution in [1.82, 2.24) is 15.1 Å². The highest BCUT2D eigenvalue weighted by molar-refractivity contribution is 5.98. The number of benzene rings is 2. The van der Waals surface area contributed by atoms with Crippen molar-refractivity contribution in [3.05, 3.63) is 59.7 Å². The molecule has 0 spiro atoms. The van der Waals surface area contributed by atoms with Crippen molar-refractivity contribution in [1.29, 1.82) is 0 Å². The lowest BCUT2D eigenvalue weighted by Crippen LogP contribution is -2.62. The lowest BCUT2D eigenvalue weighted by atomic mass is 10.1. The Labute approximate surface area is 224 Å². The number of ether oxygens (including phenoxy) is 2. The van der Waals surface area contributed by atoms with Gasteiger partial charge in [-0.05, 0) is 62.2 Å². The Balaban J connectivity index is 1.49. The van der Waals surface area contributed by atoms with Crippen molar-refractivity contribution in [2.24, 2.45) is 0 Å². The van der Waals surface area contributed by atoms with E-state index >= 15 is 0 Å². The molecule has 2 N–H and O–H groups in total. The number of halogens is 3. The summed E-state index contributed by atoms with van der Waals surface area (Å²) in [6.45, 7) is 3.12. The second-order valence-corrected chi connectivity index (χ2v) is 9.31. The molecule has 0 aromatic heterocycles. The van der Waals surface area contributed by atoms with Gasteiger partial charge in [0.1, 0.15) is 11.8 Å². The minimum atomic E-state index is -4.62. The van der Waals surface area contributed by atoms with Crippen LogP contribution < -0.4 is 15.4 Å². The molecule has 4 rings (SSSR count). The van der Waals surface area contributed by atoms with Gasteiger partial charge in [-0.25, -0.2) is 4.79 Å². The van der Waals surface area contributed by atoms with Crippen molar-refractivity contribution in [3.63, 3.8) is 0 Å². The number of hydrogen-bond donors (Lipinski definition) is 2. The first kappa shape index (κ1) is 28.2. The molecule has 0 radical (unpaired) electrons. The number of nitrogens with one attached hydrogen (secondary N) is 2. The van der Waals surface area contributed by atoms with Crippen molar-refractivity contribution in [2.45, 2.75) is 38.1 Å². The average Bonchev–Trinajstić information content (AvgIpc) is 3.45. The molecule has 2 heterocycles. The van der Waals surface area contributed by atoms with Crippen LogP contribution in [0.5, 0.6) is 5.75 Å². The van der Waals surface area contributed by atoms with Crippen molar-refractivity contribution < 1.29 is 37.0 Å². The van der Waals surface area contributed by atoms with E-state index in [0.717, 1.165) is 31.0 Å². The highest BCUT2D eigenvalue weighted by atomic mass is 19.4. The fourth-order valence-electron chi connectivity index (χ4n) is 4.57. The van der Waals surface area contributed by atoms with Crippen LogP contribution in [-0.2, 0) is 15.7 Å². The van der Waals surface area contributed by atoms with E-state index in [1.807, 2.05) is 6.92 Å². The predicted molar refractivity (Wildman–Crippen MR) is 136 cm³/mol. The summed E-state index contributed by atoms with van der Waals surface area (Å²) in [5.41, 5.74) is -0.625. The van der Waals surface area contributed by atoms with Gasteiger partial charge in [0.2, 0.25) is 5.91 Å². The van der Waals surface area contributed by atoms with Crippen LogP contribution in [0.1, 0.15) is 35.7 Å². The lowest BCUT2D eigenvalue weighted by molar-refractivity contribution is -0.137. The van der Waals surface area contributed by atoms with Crippen LogP contribution in [0, 0.1) is 0 Å². The van der Waals surface area contributed by atoms with Crippen LogP contribution in [0.2, 0.25) is 0 Å². The van der Waals surface area contributed by atoms with Gasteiger partial charge in [-0.15, -0.1) is 0 Å². The number of alkyl halides is 3. The number of nitrogens with zero attached hydrogens (tertiary/aromatic N) is 2. The molecule has 2 aromatic rings. The maximum absolute atomic E-state index is 13.3. The van der Waals surface area contributed by atoms with Crippen LogP contribution in [0.3, 0.4) is 0 Å². The average molecular weight is 549 g/mol. The Hall–Kier alpha value is -3.80. The molecule has 9 nitrogen and oxygen atoms in total. The van der Waals surface area contributed by atoms with Gasteiger partial charge in [-0.1, -0.05) is 6.07 Å². The van der Waals surface area contributed by atoms with Crippen LogP contribution in [0.25, 0.3) is 0 Å². The third-order valence-corrected chi connectivity index (χ3v) is 6.61. The minimum absolute atomic E-state index is 0.0379. The number of carbonyl (C=O) groups is 3. The summed E-state index contributed by atoms with van der Waals surface area (Å²) in [5, 5.41) is 5.55. The zero-order chi connectivity index (χ0) is 28.0. The number of anilines is 1. The molecule has 2 aliphatic rings. The SMILES string of the molecule is CCOc1ccc(NC(=O)N2CCN(C(=O)c3cccc(C(F)(F)F)c3)C(C(=O)NCC3CCCO3)C2)cc1. The monoisotopic (exact) mass is 548 g/mol. The molecule has 2 fully saturated rings. The summed E-state index contributed by atoms with van der Waals surface area (Å²) in [6, 6.07) is 9.31. The first-order valence-corrected chi connectivity index (χ1v) is 12.8.